The van der Waals surface area contributed by atoms with Gasteiger partial charge in [0, 0.05) is 37.0 Å². The summed E-state index contributed by atoms with van der Waals surface area (Å²) in [5.74, 6) is 0.763. The van der Waals surface area contributed by atoms with E-state index in [2.05, 4.69) is 22.6 Å². The van der Waals surface area contributed by atoms with Gasteiger partial charge in [-0.2, -0.15) is 0 Å². The molecule has 1 saturated heterocycles. The fourth-order valence-electron chi connectivity index (χ4n) is 2.64. The molecule has 1 fully saturated rings. The Morgan fingerprint density at radius 1 is 1.39 bits per heavy atom. The molecule has 0 aliphatic carbocycles. The number of nitrogens with one attached hydrogen (secondary N) is 2. The van der Waals surface area contributed by atoms with Crippen molar-refractivity contribution in [3.05, 3.63) is 23.8 Å². The van der Waals surface area contributed by atoms with Crippen molar-refractivity contribution < 1.29 is 14.3 Å². The Labute approximate surface area is 138 Å². The van der Waals surface area contributed by atoms with E-state index in [-0.39, 0.29) is 6.04 Å². The number of piperazine rings is 1. The van der Waals surface area contributed by atoms with Crippen LogP contribution in [0.3, 0.4) is 0 Å². The number of hydrogen-bond acceptors (Lipinski definition) is 5. The first-order valence-corrected chi connectivity index (χ1v) is 7.89. The molecule has 1 unspecified atom stereocenters. The lowest BCUT2D eigenvalue weighted by molar-refractivity contribution is 0.0636. The number of carbonyl (C=O) groups is 1. The number of benzene rings is 1. The van der Waals surface area contributed by atoms with E-state index in [0.29, 0.717) is 5.69 Å². The van der Waals surface area contributed by atoms with Crippen molar-refractivity contribution >= 4 is 11.8 Å². The summed E-state index contributed by atoms with van der Waals surface area (Å²) in [7, 11) is 3.75. The van der Waals surface area contributed by atoms with Crippen LogP contribution >= 0.6 is 0 Å². The lowest BCUT2D eigenvalue weighted by atomic mass is 10.0. The number of nitrogens with zero attached hydrogens (tertiary/aromatic N) is 1. The Kier molecular flexibility index (Phi) is 5.49. The van der Waals surface area contributed by atoms with Gasteiger partial charge in [0.15, 0.2) is 0 Å². The number of carbonyl (C=O) groups excluding carboxylic acids is 1. The van der Waals surface area contributed by atoms with Crippen molar-refractivity contribution in [3.8, 4) is 5.75 Å². The summed E-state index contributed by atoms with van der Waals surface area (Å²) in [6.07, 6.45) is -0.469. The molecule has 0 aromatic heterocycles. The Hall–Kier alpha value is -1.79. The number of ether oxygens (including phenoxy) is 2. The molecule has 1 aliphatic heterocycles. The highest BCUT2D eigenvalue weighted by molar-refractivity contribution is 5.85. The van der Waals surface area contributed by atoms with E-state index in [1.54, 1.807) is 7.11 Å². The predicted molar refractivity (Wildman–Crippen MR) is 91.1 cm³/mol. The average molecular weight is 321 g/mol. The molecule has 23 heavy (non-hydrogen) atoms. The molecule has 1 aliphatic rings. The number of rotatable bonds is 3. The molecule has 1 heterocycles. The van der Waals surface area contributed by atoms with E-state index in [9.17, 15) is 4.79 Å². The highest BCUT2D eigenvalue weighted by atomic mass is 16.6. The summed E-state index contributed by atoms with van der Waals surface area (Å²) in [6.45, 7) is 8.37. The summed E-state index contributed by atoms with van der Waals surface area (Å²) in [6, 6.07) is 5.97. The minimum absolute atomic E-state index is 0.259. The quantitative estimate of drug-likeness (QED) is 0.896. The van der Waals surface area contributed by atoms with Gasteiger partial charge in [-0.25, -0.2) is 4.79 Å². The van der Waals surface area contributed by atoms with Crippen LogP contribution in [0.1, 0.15) is 32.4 Å². The van der Waals surface area contributed by atoms with Gasteiger partial charge in [0.2, 0.25) is 0 Å². The van der Waals surface area contributed by atoms with Gasteiger partial charge in [0.1, 0.15) is 11.4 Å². The monoisotopic (exact) mass is 321 g/mol. The number of likely N-dealkylation sites (N-methyl/N-ethyl adjacent to an activating group) is 1. The molecule has 1 aromatic rings. The first kappa shape index (κ1) is 17.6. The number of amides is 1. The molecular weight excluding hydrogens is 294 g/mol. The molecule has 0 bridgehead atoms. The minimum Gasteiger partial charge on any atom is -0.496 e. The Bertz CT molecular complexity index is 555. The van der Waals surface area contributed by atoms with E-state index >= 15 is 0 Å². The largest absolute Gasteiger partial charge is 0.496 e. The fraction of sp³-hybridized carbons (Fsp3) is 0.588. The molecule has 6 heteroatoms. The van der Waals surface area contributed by atoms with Gasteiger partial charge in [0.25, 0.3) is 0 Å². The van der Waals surface area contributed by atoms with Gasteiger partial charge >= 0.3 is 6.09 Å². The van der Waals surface area contributed by atoms with Crippen molar-refractivity contribution in [3.63, 3.8) is 0 Å². The third kappa shape index (κ3) is 4.84. The van der Waals surface area contributed by atoms with E-state index in [1.807, 2.05) is 39.0 Å². The van der Waals surface area contributed by atoms with Gasteiger partial charge in [-0.1, -0.05) is 6.07 Å². The molecule has 1 amide bonds. The first-order chi connectivity index (χ1) is 10.8. The van der Waals surface area contributed by atoms with Crippen LogP contribution in [0.15, 0.2) is 18.2 Å². The standard InChI is InChI=1S/C17H27N3O3/c1-17(2,3)23-16(21)19-12-6-7-13(15(10-12)22-5)14-11-18-8-9-20(14)4/h6-7,10,14,18H,8-9,11H2,1-5H3,(H,19,21). The third-order valence-corrected chi connectivity index (χ3v) is 3.75. The zero-order valence-corrected chi connectivity index (χ0v) is 14.6. The van der Waals surface area contributed by atoms with Crippen LogP contribution < -0.4 is 15.4 Å². The molecule has 2 N–H and O–H groups in total. The number of hydrogen-bond donors (Lipinski definition) is 2. The molecule has 0 spiro atoms. The lowest BCUT2D eigenvalue weighted by Gasteiger charge is -2.34. The first-order valence-electron chi connectivity index (χ1n) is 7.89. The van der Waals surface area contributed by atoms with Crippen molar-refractivity contribution in [1.82, 2.24) is 10.2 Å². The summed E-state index contributed by atoms with van der Waals surface area (Å²) in [4.78, 5) is 14.2. The van der Waals surface area contributed by atoms with Crippen LogP contribution in [0, 0.1) is 0 Å². The molecule has 1 atom stereocenters. The maximum absolute atomic E-state index is 11.9. The van der Waals surface area contributed by atoms with E-state index in [0.717, 1.165) is 30.9 Å². The Morgan fingerprint density at radius 3 is 2.74 bits per heavy atom. The van der Waals surface area contributed by atoms with Crippen LogP contribution in [-0.2, 0) is 4.74 Å². The zero-order chi connectivity index (χ0) is 17.0. The molecule has 1 aromatic carbocycles. The highest BCUT2D eigenvalue weighted by Gasteiger charge is 2.24. The second-order valence-electron chi connectivity index (χ2n) is 6.78. The van der Waals surface area contributed by atoms with Gasteiger partial charge in [-0.3, -0.25) is 10.2 Å². The topological polar surface area (TPSA) is 62.8 Å². The zero-order valence-electron chi connectivity index (χ0n) is 14.6. The molecule has 6 nitrogen and oxygen atoms in total. The molecule has 2 rings (SSSR count). The molecule has 0 saturated carbocycles. The third-order valence-electron chi connectivity index (χ3n) is 3.75. The molecule has 0 radical (unpaired) electrons. The van der Waals surface area contributed by atoms with Crippen LogP contribution in [0.5, 0.6) is 5.75 Å². The van der Waals surface area contributed by atoms with Crippen molar-refractivity contribution in [2.45, 2.75) is 32.4 Å². The highest BCUT2D eigenvalue weighted by Crippen LogP contribution is 2.32. The van der Waals surface area contributed by atoms with E-state index < -0.39 is 11.7 Å². The van der Waals surface area contributed by atoms with Crippen molar-refractivity contribution in [2.24, 2.45) is 0 Å². The van der Waals surface area contributed by atoms with Crippen molar-refractivity contribution in [2.75, 3.05) is 39.1 Å². The van der Waals surface area contributed by atoms with Crippen LogP contribution in [0.2, 0.25) is 0 Å². The lowest BCUT2D eigenvalue weighted by Crippen LogP contribution is -2.43. The Morgan fingerprint density at radius 2 is 2.13 bits per heavy atom. The smallest absolute Gasteiger partial charge is 0.412 e. The van der Waals surface area contributed by atoms with E-state index in [1.165, 1.54) is 0 Å². The van der Waals surface area contributed by atoms with Crippen LogP contribution in [0.25, 0.3) is 0 Å². The number of anilines is 1. The normalized spacial score (nSPS) is 19.3. The fourth-order valence-corrected chi connectivity index (χ4v) is 2.64. The summed E-state index contributed by atoms with van der Waals surface area (Å²) in [5, 5.41) is 6.14. The second-order valence-corrected chi connectivity index (χ2v) is 6.78. The average Bonchev–Trinajstić information content (AvgIpc) is 2.46. The predicted octanol–water partition coefficient (Wildman–Crippen LogP) is 2.62. The SMILES string of the molecule is COc1cc(NC(=O)OC(C)(C)C)ccc1C1CNCCN1C. The maximum atomic E-state index is 11.9. The molecule has 128 valence electrons. The van der Waals surface area contributed by atoms with Gasteiger partial charge in [0.05, 0.1) is 13.2 Å². The van der Waals surface area contributed by atoms with Gasteiger partial charge < -0.3 is 14.8 Å². The van der Waals surface area contributed by atoms with Gasteiger partial charge in [-0.15, -0.1) is 0 Å². The maximum Gasteiger partial charge on any atom is 0.412 e. The minimum atomic E-state index is -0.523. The van der Waals surface area contributed by atoms with Crippen LogP contribution in [0.4, 0.5) is 10.5 Å². The summed E-state index contributed by atoms with van der Waals surface area (Å²) < 4.78 is 10.8. The number of methoxy groups -OCH3 is 1. The van der Waals surface area contributed by atoms with Gasteiger partial charge in [-0.05, 0) is 33.9 Å². The Balaban J connectivity index is 2.14. The summed E-state index contributed by atoms with van der Waals surface area (Å²) >= 11 is 0. The van der Waals surface area contributed by atoms with Crippen LogP contribution in [-0.4, -0.2) is 50.4 Å². The summed E-state index contributed by atoms with van der Waals surface area (Å²) in [5.41, 5.74) is 1.24. The van der Waals surface area contributed by atoms with Crippen molar-refractivity contribution in [1.29, 1.82) is 0 Å². The second kappa shape index (κ2) is 7.19. The van der Waals surface area contributed by atoms with E-state index in [4.69, 9.17) is 9.47 Å². The molecular formula is C17H27N3O3.